The molecule has 0 atom stereocenters. The number of nitrogens with zero attached hydrogens (tertiary/aromatic N) is 1. The van der Waals surface area contributed by atoms with Crippen LogP contribution in [-0.2, 0) is 0 Å². The Bertz CT molecular complexity index is 392. The van der Waals surface area contributed by atoms with Crippen LogP contribution in [0.4, 0.5) is 0 Å². The molecule has 2 aromatic rings. The maximum atomic E-state index is 10.4. The van der Waals surface area contributed by atoms with Crippen LogP contribution >= 0.6 is 0 Å². The molecule has 54 valence electrons. The van der Waals surface area contributed by atoms with E-state index in [1.54, 1.807) is 24.6 Å². The molecule has 0 aliphatic heterocycles. The molecular weight excluding hydrogens is 142 g/mol. The van der Waals surface area contributed by atoms with Gasteiger partial charge in [0.25, 0.3) is 0 Å². The minimum absolute atomic E-state index is 0.354. The summed E-state index contributed by atoms with van der Waals surface area (Å²) in [6.07, 6.45) is 3.81. The molecule has 0 saturated heterocycles. The lowest BCUT2D eigenvalue weighted by Gasteiger charge is -1.88. The minimum atomic E-state index is 0.354. The topological polar surface area (TPSA) is 43.1 Å². The number of aldehydes is 1. The number of carbonyl (C=O) groups is 1. The minimum Gasteiger partial charge on any atom is -0.462 e. The summed E-state index contributed by atoms with van der Waals surface area (Å²) in [6, 6.07) is 3.59. The van der Waals surface area contributed by atoms with Crippen molar-refractivity contribution in [1.29, 1.82) is 0 Å². The molecule has 0 radical (unpaired) electrons. The van der Waals surface area contributed by atoms with E-state index in [1.807, 2.05) is 0 Å². The molecule has 3 nitrogen and oxygen atoms in total. The zero-order chi connectivity index (χ0) is 7.68. The highest BCUT2D eigenvalue weighted by Gasteiger charge is 2.02. The van der Waals surface area contributed by atoms with E-state index in [0.29, 0.717) is 17.6 Å². The molecule has 2 aromatic heterocycles. The fourth-order valence-corrected chi connectivity index (χ4v) is 0.999. The molecule has 2 rings (SSSR count). The van der Waals surface area contributed by atoms with E-state index in [4.69, 9.17) is 4.42 Å². The van der Waals surface area contributed by atoms with E-state index in [2.05, 4.69) is 4.98 Å². The van der Waals surface area contributed by atoms with Gasteiger partial charge in [0.15, 0.2) is 11.9 Å². The second kappa shape index (κ2) is 2.20. The normalized spacial score (nSPS) is 10.2. The summed E-state index contributed by atoms with van der Waals surface area (Å²) in [5, 5.41) is 0.905. The summed E-state index contributed by atoms with van der Waals surface area (Å²) in [6.45, 7) is 0. The Balaban J connectivity index is 2.88. The Hall–Kier alpha value is -1.64. The van der Waals surface area contributed by atoms with Gasteiger partial charge in [-0.25, -0.2) is 4.98 Å². The van der Waals surface area contributed by atoms with Gasteiger partial charge in [-0.2, -0.15) is 0 Å². The highest BCUT2D eigenvalue weighted by molar-refractivity contribution is 5.92. The molecule has 0 bridgehead atoms. The molecule has 3 heteroatoms. The van der Waals surface area contributed by atoms with Crippen molar-refractivity contribution in [2.45, 2.75) is 0 Å². The predicted molar refractivity (Wildman–Crippen MR) is 39.4 cm³/mol. The summed E-state index contributed by atoms with van der Waals surface area (Å²) in [5.41, 5.74) is 0.912. The maximum Gasteiger partial charge on any atom is 0.172 e. The fourth-order valence-electron chi connectivity index (χ4n) is 0.999. The van der Waals surface area contributed by atoms with Gasteiger partial charge in [-0.3, -0.25) is 4.79 Å². The monoisotopic (exact) mass is 147 g/mol. The first-order valence-corrected chi connectivity index (χ1v) is 3.19. The van der Waals surface area contributed by atoms with Gasteiger partial charge in [-0.05, 0) is 12.1 Å². The molecule has 0 aliphatic carbocycles. The van der Waals surface area contributed by atoms with Gasteiger partial charge in [-0.1, -0.05) is 0 Å². The Labute approximate surface area is 62.7 Å². The standard InChI is InChI=1S/C8H5NO2/c10-5-7-8-6(1-3-9-7)2-4-11-8/h1-5H. The van der Waals surface area contributed by atoms with Crippen LogP contribution in [0, 0.1) is 0 Å². The van der Waals surface area contributed by atoms with Crippen LogP contribution in [-0.4, -0.2) is 11.3 Å². The first kappa shape index (κ1) is 6.09. The zero-order valence-corrected chi connectivity index (χ0v) is 5.65. The number of rotatable bonds is 1. The number of furan rings is 1. The van der Waals surface area contributed by atoms with Gasteiger partial charge in [-0.15, -0.1) is 0 Å². The van der Waals surface area contributed by atoms with Crippen molar-refractivity contribution in [2.75, 3.05) is 0 Å². The van der Waals surface area contributed by atoms with E-state index < -0.39 is 0 Å². The number of fused-ring (bicyclic) bond motifs is 1. The molecule has 0 amide bonds. The predicted octanol–water partition coefficient (Wildman–Crippen LogP) is 1.64. The van der Waals surface area contributed by atoms with E-state index >= 15 is 0 Å². The smallest absolute Gasteiger partial charge is 0.172 e. The van der Waals surface area contributed by atoms with Crippen molar-refractivity contribution >= 4 is 17.3 Å². The Morgan fingerprint density at radius 2 is 2.36 bits per heavy atom. The van der Waals surface area contributed by atoms with E-state index in [0.717, 1.165) is 5.39 Å². The van der Waals surface area contributed by atoms with Crippen LogP contribution in [0.25, 0.3) is 11.0 Å². The molecule has 11 heavy (non-hydrogen) atoms. The molecule has 0 spiro atoms. The first-order chi connectivity index (χ1) is 5.42. The summed E-state index contributed by atoms with van der Waals surface area (Å²) in [4.78, 5) is 14.2. The van der Waals surface area contributed by atoms with Crippen LogP contribution in [0.2, 0.25) is 0 Å². The number of hydrogen-bond acceptors (Lipinski definition) is 3. The van der Waals surface area contributed by atoms with Crippen LogP contribution in [0.1, 0.15) is 10.5 Å². The lowest BCUT2D eigenvalue weighted by Crippen LogP contribution is -1.84. The number of pyridine rings is 1. The fraction of sp³-hybridized carbons (Fsp3) is 0. The highest BCUT2D eigenvalue weighted by Crippen LogP contribution is 2.15. The summed E-state index contributed by atoms with van der Waals surface area (Å²) < 4.78 is 5.05. The highest BCUT2D eigenvalue weighted by atomic mass is 16.3. The average Bonchev–Trinajstić information content (AvgIpc) is 2.50. The van der Waals surface area contributed by atoms with E-state index in [-0.39, 0.29) is 0 Å². The average molecular weight is 147 g/mol. The number of aromatic nitrogens is 1. The van der Waals surface area contributed by atoms with Gasteiger partial charge in [0.05, 0.1) is 6.26 Å². The Kier molecular flexibility index (Phi) is 1.22. The van der Waals surface area contributed by atoms with Gasteiger partial charge in [0.2, 0.25) is 0 Å². The molecule has 0 fully saturated rings. The molecule has 0 aliphatic rings. The Morgan fingerprint density at radius 1 is 1.45 bits per heavy atom. The second-order valence-corrected chi connectivity index (χ2v) is 2.15. The lowest BCUT2D eigenvalue weighted by molar-refractivity contribution is 0.111. The largest absolute Gasteiger partial charge is 0.462 e. The van der Waals surface area contributed by atoms with Gasteiger partial charge >= 0.3 is 0 Å². The summed E-state index contributed by atoms with van der Waals surface area (Å²) in [7, 11) is 0. The van der Waals surface area contributed by atoms with Crippen molar-refractivity contribution in [3.8, 4) is 0 Å². The van der Waals surface area contributed by atoms with Gasteiger partial charge < -0.3 is 4.42 Å². The SMILES string of the molecule is O=Cc1nccc2ccoc12. The number of carbonyl (C=O) groups excluding carboxylic acids is 1. The lowest BCUT2D eigenvalue weighted by atomic mass is 10.3. The van der Waals surface area contributed by atoms with E-state index in [9.17, 15) is 4.79 Å². The Morgan fingerprint density at radius 3 is 3.18 bits per heavy atom. The third-order valence-electron chi connectivity index (χ3n) is 1.51. The third-order valence-corrected chi connectivity index (χ3v) is 1.51. The van der Waals surface area contributed by atoms with Crippen molar-refractivity contribution in [3.05, 3.63) is 30.3 Å². The molecule has 0 N–H and O–H groups in total. The molecule has 0 unspecified atom stereocenters. The quantitative estimate of drug-likeness (QED) is 0.576. The third kappa shape index (κ3) is 0.816. The van der Waals surface area contributed by atoms with Gasteiger partial charge in [0.1, 0.15) is 5.69 Å². The first-order valence-electron chi connectivity index (χ1n) is 3.19. The maximum absolute atomic E-state index is 10.4. The van der Waals surface area contributed by atoms with Crippen LogP contribution in [0.5, 0.6) is 0 Å². The van der Waals surface area contributed by atoms with Gasteiger partial charge in [0, 0.05) is 11.6 Å². The van der Waals surface area contributed by atoms with Crippen molar-refractivity contribution in [2.24, 2.45) is 0 Å². The molecule has 2 heterocycles. The number of hydrogen-bond donors (Lipinski definition) is 0. The second-order valence-electron chi connectivity index (χ2n) is 2.15. The molecule has 0 saturated carbocycles. The van der Waals surface area contributed by atoms with Crippen molar-refractivity contribution in [3.63, 3.8) is 0 Å². The van der Waals surface area contributed by atoms with Crippen LogP contribution in [0.15, 0.2) is 29.0 Å². The molecular formula is C8H5NO2. The summed E-state index contributed by atoms with van der Waals surface area (Å²) >= 11 is 0. The van der Waals surface area contributed by atoms with E-state index in [1.165, 1.54) is 0 Å². The zero-order valence-electron chi connectivity index (χ0n) is 5.65. The van der Waals surface area contributed by atoms with Crippen molar-refractivity contribution in [1.82, 2.24) is 4.98 Å². The van der Waals surface area contributed by atoms with Crippen LogP contribution in [0.3, 0.4) is 0 Å². The molecule has 0 aromatic carbocycles. The summed E-state index contributed by atoms with van der Waals surface area (Å²) in [5.74, 6) is 0. The van der Waals surface area contributed by atoms with Crippen LogP contribution < -0.4 is 0 Å². The van der Waals surface area contributed by atoms with Crippen molar-refractivity contribution < 1.29 is 9.21 Å².